The Morgan fingerprint density at radius 1 is 0.429 bits per heavy atom. The minimum Gasteiger partial charge on any atom is -0.344 e. The molecule has 0 atom stereocenters. The van der Waals surface area contributed by atoms with Crippen molar-refractivity contribution < 1.29 is 0 Å². The Bertz CT molecular complexity index is 528. The van der Waals surface area contributed by atoms with Crippen LogP contribution in [0.3, 0.4) is 0 Å². The molecule has 2 heteroatoms. The first-order chi connectivity index (χ1) is 9.45. The third-order valence-electron chi connectivity index (χ3n) is 3.04. The van der Waals surface area contributed by atoms with Crippen LogP contribution in [0, 0.1) is 0 Å². The highest BCUT2D eigenvalue weighted by Gasteiger charge is 2.10. The molecule has 3 aromatic rings. The number of hydrogen-bond donors (Lipinski definition) is 1. The van der Waals surface area contributed by atoms with Crippen molar-refractivity contribution in [2.75, 3.05) is 4.90 Å². The van der Waals surface area contributed by atoms with Crippen LogP contribution >= 0.6 is 0 Å². The zero-order chi connectivity index (χ0) is 12.9. The van der Waals surface area contributed by atoms with Gasteiger partial charge in [0, 0.05) is 17.1 Å². The van der Waals surface area contributed by atoms with Crippen LogP contribution in [0.5, 0.6) is 0 Å². The molecule has 0 aromatic heterocycles. The van der Waals surface area contributed by atoms with Crippen molar-refractivity contribution in [1.29, 1.82) is 0 Å². The maximum atomic E-state index is 2.25. The van der Waals surface area contributed by atoms with E-state index >= 15 is 0 Å². The van der Waals surface area contributed by atoms with Gasteiger partial charge in [0.1, 0.15) is 0 Å². The molecule has 0 radical (unpaired) electrons. The smallest absolute Gasteiger partial charge is 0.0461 e. The number of benzene rings is 3. The summed E-state index contributed by atoms with van der Waals surface area (Å²) in [5.41, 5.74) is 3.50. The molecule has 3 aromatic carbocycles. The maximum Gasteiger partial charge on any atom is 0.0461 e. The van der Waals surface area contributed by atoms with Crippen molar-refractivity contribution in [3.8, 4) is 0 Å². The molecule has 21 heavy (non-hydrogen) atoms. The van der Waals surface area contributed by atoms with Crippen LogP contribution in [0.4, 0.5) is 17.1 Å². The first-order valence-electron chi connectivity index (χ1n) is 6.40. The molecule has 0 heterocycles. The highest BCUT2D eigenvalue weighted by Crippen LogP contribution is 2.33. The fourth-order valence-electron chi connectivity index (χ4n) is 2.18. The average Bonchev–Trinajstić information content (AvgIpc) is 2.51. The zero-order valence-corrected chi connectivity index (χ0v) is 11.3. The zero-order valence-electron chi connectivity index (χ0n) is 11.3. The lowest BCUT2D eigenvalue weighted by atomic mass is 10.2. The maximum absolute atomic E-state index is 2.25. The molecule has 0 aliphatic rings. The molecule has 3 rings (SSSR count). The summed E-state index contributed by atoms with van der Waals surface area (Å²) in [6, 6.07) is 31.3. The van der Waals surface area contributed by atoms with Crippen LogP contribution in [0.2, 0.25) is 0 Å². The first kappa shape index (κ1) is 16.5. The third-order valence-corrected chi connectivity index (χ3v) is 3.04. The van der Waals surface area contributed by atoms with Gasteiger partial charge < -0.3 is 11.1 Å². The summed E-state index contributed by atoms with van der Waals surface area (Å²) in [6.07, 6.45) is 0. The molecule has 0 unspecified atom stereocenters. The summed E-state index contributed by atoms with van der Waals surface area (Å²) in [7, 11) is 0. The fourth-order valence-corrected chi connectivity index (χ4v) is 2.18. The summed E-state index contributed by atoms with van der Waals surface area (Å²) in [6.45, 7) is 0. The average molecular weight is 278 g/mol. The normalized spacial score (nSPS) is 9.14. The first-order valence-corrected chi connectivity index (χ1v) is 6.40. The molecule has 0 saturated heterocycles. The quantitative estimate of drug-likeness (QED) is 0.642. The van der Waals surface area contributed by atoms with Crippen molar-refractivity contribution in [2.45, 2.75) is 7.43 Å². The van der Waals surface area contributed by atoms with E-state index in [0.29, 0.717) is 0 Å². The lowest BCUT2D eigenvalue weighted by molar-refractivity contribution is 1.28. The van der Waals surface area contributed by atoms with Gasteiger partial charge in [-0.05, 0) is 36.4 Å². The van der Waals surface area contributed by atoms with Gasteiger partial charge in [-0.25, -0.2) is 0 Å². The summed E-state index contributed by atoms with van der Waals surface area (Å²) in [4.78, 5) is 2.25. The highest BCUT2D eigenvalue weighted by molar-refractivity contribution is 5.76. The Morgan fingerprint density at radius 2 is 0.667 bits per heavy atom. The van der Waals surface area contributed by atoms with Crippen molar-refractivity contribution in [3.63, 3.8) is 0 Å². The van der Waals surface area contributed by atoms with Crippen LogP contribution in [0.1, 0.15) is 7.43 Å². The molecule has 0 fully saturated rings. The van der Waals surface area contributed by atoms with Crippen molar-refractivity contribution in [2.24, 2.45) is 0 Å². The van der Waals surface area contributed by atoms with E-state index in [1.54, 1.807) is 0 Å². The van der Waals surface area contributed by atoms with E-state index in [0.717, 1.165) is 0 Å². The Kier molecular flexibility index (Phi) is 6.18. The molecular formula is C19H22N2. The number of hydrogen-bond acceptors (Lipinski definition) is 2. The number of rotatable bonds is 3. The van der Waals surface area contributed by atoms with Crippen LogP contribution in [-0.2, 0) is 0 Å². The van der Waals surface area contributed by atoms with E-state index in [1.165, 1.54) is 17.1 Å². The lowest BCUT2D eigenvalue weighted by Gasteiger charge is -2.25. The lowest BCUT2D eigenvalue weighted by Crippen LogP contribution is -2.09. The van der Waals surface area contributed by atoms with Crippen LogP contribution in [-0.4, -0.2) is 0 Å². The fraction of sp³-hybridized carbons (Fsp3) is 0.0526. The Morgan fingerprint density at radius 3 is 0.905 bits per heavy atom. The molecular weight excluding hydrogens is 256 g/mol. The highest BCUT2D eigenvalue weighted by atomic mass is 15.1. The molecule has 3 N–H and O–H groups in total. The van der Waals surface area contributed by atoms with Gasteiger partial charge in [-0.2, -0.15) is 0 Å². The summed E-state index contributed by atoms with van der Waals surface area (Å²) in [5, 5.41) is 0. The second-order valence-electron chi connectivity index (χ2n) is 4.34. The van der Waals surface area contributed by atoms with Crippen LogP contribution in [0.15, 0.2) is 91.0 Å². The Balaban J connectivity index is 0.00000110. The predicted molar refractivity (Wildman–Crippen MR) is 92.9 cm³/mol. The minimum absolute atomic E-state index is 0. The van der Waals surface area contributed by atoms with Gasteiger partial charge in [-0.1, -0.05) is 62.0 Å². The van der Waals surface area contributed by atoms with Gasteiger partial charge >= 0.3 is 0 Å². The van der Waals surface area contributed by atoms with E-state index in [2.05, 4.69) is 77.7 Å². The van der Waals surface area contributed by atoms with E-state index in [-0.39, 0.29) is 13.6 Å². The molecule has 0 saturated carbocycles. The van der Waals surface area contributed by atoms with Gasteiger partial charge in [0.25, 0.3) is 0 Å². The minimum atomic E-state index is 0. The van der Waals surface area contributed by atoms with Gasteiger partial charge in [0.05, 0.1) is 0 Å². The van der Waals surface area contributed by atoms with Crippen LogP contribution < -0.4 is 11.1 Å². The third kappa shape index (κ3) is 3.71. The largest absolute Gasteiger partial charge is 0.344 e. The molecule has 0 aliphatic heterocycles. The summed E-state index contributed by atoms with van der Waals surface area (Å²) in [5.74, 6) is 0. The van der Waals surface area contributed by atoms with E-state index in [4.69, 9.17) is 0 Å². The van der Waals surface area contributed by atoms with Gasteiger partial charge in [0.15, 0.2) is 0 Å². The van der Waals surface area contributed by atoms with Gasteiger partial charge in [-0.3, -0.25) is 0 Å². The summed E-state index contributed by atoms with van der Waals surface area (Å²) >= 11 is 0. The van der Waals surface area contributed by atoms with E-state index < -0.39 is 0 Å². The van der Waals surface area contributed by atoms with Gasteiger partial charge in [0.2, 0.25) is 0 Å². The summed E-state index contributed by atoms with van der Waals surface area (Å²) < 4.78 is 0. The standard InChI is InChI=1S/C18H15N.CH4.H3N/c1-4-10-16(11-5-1)19(17-12-6-2-7-13-17)18-14-8-3-9-15-18;;/h1-15H;1H4;1H3. The van der Waals surface area contributed by atoms with Gasteiger partial charge in [-0.15, -0.1) is 0 Å². The molecule has 0 spiro atoms. The molecule has 0 bridgehead atoms. The molecule has 2 nitrogen and oxygen atoms in total. The van der Waals surface area contributed by atoms with Crippen molar-refractivity contribution in [1.82, 2.24) is 6.15 Å². The number of para-hydroxylation sites is 3. The molecule has 108 valence electrons. The molecule has 0 amide bonds. The Hall–Kier alpha value is -2.58. The van der Waals surface area contributed by atoms with E-state index in [1.807, 2.05) is 18.2 Å². The monoisotopic (exact) mass is 278 g/mol. The number of nitrogens with zero attached hydrogens (tertiary/aromatic N) is 1. The predicted octanol–water partition coefficient (Wildman–Crippen LogP) is 5.95. The topological polar surface area (TPSA) is 38.2 Å². The molecule has 0 aliphatic carbocycles. The SMILES string of the molecule is C.N.c1ccc(N(c2ccccc2)c2ccccc2)cc1. The number of anilines is 3. The second kappa shape index (κ2) is 7.88. The second-order valence-corrected chi connectivity index (χ2v) is 4.34. The van der Waals surface area contributed by atoms with E-state index in [9.17, 15) is 0 Å². The van der Waals surface area contributed by atoms with Crippen LogP contribution in [0.25, 0.3) is 0 Å². The van der Waals surface area contributed by atoms with Crippen molar-refractivity contribution in [3.05, 3.63) is 91.0 Å². The Labute approximate surface area is 127 Å². The van der Waals surface area contributed by atoms with Crippen molar-refractivity contribution >= 4 is 17.1 Å².